The van der Waals surface area contributed by atoms with Crippen LogP contribution < -0.4 is 10.9 Å². The van der Waals surface area contributed by atoms with Crippen LogP contribution in [0, 0.1) is 0 Å². The monoisotopic (exact) mass is 297 g/mol. The lowest BCUT2D eigenvalue weighted by atomic mass is 10.1. The number of aryl methyl sites for hydroxylation is 1. The summed E-state index contributed by atoms with van der Waals surface area (Å²) in [4.78, 5) is 23.9. The minimum Gasteiger partial charge on any atom is -0.324 e. The minimum absolute atomic E-state index is 0.0606. The molecular formula is C17H19N3O2. The van der Waals surface area contributed by atoms with Crippen LogP contribution >= 0.6 is 0 Å². The molecule has 0 saturated heterocycles. The molecule has 0 unspecified atom stereocenters. The van der Waals surface area contributed by atoms with E-state index >= 15 is 0 Å². The van der Waals surface area contributed by atoms with Crippen molar-refractivity contribution in [2.75, 3.05) is 5.32 Å². The number of aromatic nitrogens is 2. The second kappa shape index (κ2) is 6.13. The molecule has 22 heavy (non-hydrogen) atoms. The first-order valence-corrected chi connectivity index (χ1v) is 7.62. The smallest absolute Gasteiger partial charge is 0.267 e. The predicted octanol–water partition coefficient (Wildman–Crippen LogP) is 2.32. The highest BCUT2D eigenvalue weighted by Gasteiger charge is 2.25. The summed E-state index contributed by atoms with van der Waals surface area (Å²) < 4.78 is 1.24. The van der Waals surface area contributed by atoms with E-state index in [1.807, 2.05) is 24.3 Å². The maximum Gasteiger partial charge on any atom is 0.267 e. The number of carbonyl (C=O) groups excluding carboxylic acids is 1. The molecule has 0 atom stereocenters. The van der Waals surface area contributed by atoms with E-state index in [-0.39, 0.29) is 18.0 Å². The van der Waals surface area contributed by atoms with Crippen LogP contribution in [0.4, 0.5) is 5.69 Å². The number of rotatable bonds is 5. The van der Waals surface area contributed by atoms with Gasteiger partial charge in [0.25, 0.3) is 5.56 Å². The van der Waals surface area contributed by atoms with Crippen LogP contribution in [0.25, 0.3) is 0 Å². The van der Waals surface area contributed by atoms with Gasteiger partial charge in [-0.05, 0) is 43.0 Å². The Kier molecular flexibility index (Phi) is 4.04. The molecule has 1 amide bonds. The fourth-order valence-electron chi connectivity index (χ4n) is 2.34. The van der Waals surface area contributed by atoms with E-state index < -0.39 is 0 Å². The molecule has 0 radical (unpaired) electrons. The van der Waals surface area contributed by atoms with Gasteiger partial charge in [0.1, 0.15) is 6.54 Å². The van der Waals surface area contributed by atoms with Crippen molar-refractivity contribution < 1.29 is 4.79 Å². The van der Waals surface area contributed by atoms with E-state index in [4.69, 9.17) is 0 Å². The SMILES string of the molecule is CCc1ccc(NC(=O)Cn2nc(C3CC3)ccc2=O)cc1. The highest BCUT2D eigenvalue weighted by molar-refractivity contribution is 5.90. The molecule has 1 N–H and O–H groups in total. The summed E-state index contributed by atoms with van der Waals surface area (Å²) in [6.07, 6.45) is 3.18. The molecule has 1 heterocycles. The van der Waals surface area contributed by atoms with E-state index in [2.05, 4.69) is 17.3 Å². The van der Waals surface area contributed by atoms with Crippen molar-refractivity contribution in [2.45, 2.75) is 38.6 Å². The Morgan fingerprint density at radius 2 is 1.95 bits per heavy atom. The fourth-order valence-corrected chi connectivity index (χ4v) is 2.34. The van der Waals surface area contributed by atoms with E-state index in [0.717, 1.165) is 30.6 Å². The second-order valence-electron chi connectivity index (χ2n) is 5.63. The van der Waals surface area contributed by atoms with E-state index in [9.17, 15) is 9.59 Å². The maximum absolute atomic E-state index is 12.1. The van der Waals surface area contributed by atoms with Crippen LogP contribution in [-0.2, 0) is 17.8 Å². The summed E-state index contributed by atoms with van der Waals surface area (Å²) in [7, 11) is 0. The normalized spacial score (nSPS) is 13.9. The Hall–Kier alpha value is -2.43. The third kappa shape index (κ3) is 3.42. The first kappa shape index (κ1) is 14.5. The Balaban J connectivity index is 1.68. The van der Waals surface area contributed by atoms with Crippen molar-refractivity contribution in [3.8, 4) is 0 Å². The first-order chi connectivity index (χ1) is 10.7. The number of carbonyl (C=O) groups is 1. The van der Waals surface area contributed by atoms with Gasteiger partial charge in [0.05, 0.1) is 5.69 Å². The van der Waals surface area contributed by atoms with Crippen molar-refractivity contribution in [3.05, 3.63) is 58.0 Å². The predicted molar refractivity (Wildman–Crippen MR) is 84.9 cm³/mol. The molecule has 0 aliphatic heterocycles. The molecule has 1 aliphatic carbocycles. The van der Waals surface area contributed by atoms with Crippen LogP contribution in [0.3, 0.4) is 0 Å². The van der Waals surface area contributed by atoms with Gasteiger partial charge in [0, 0.05) is 17.7 Å². The van der Waals surface area contributed by atoms with Crippen LogP contribution in [0.1, 0.15) is 36.9 Å². The van der Waals surface area contributed by atoms with Gasteiger partial charge in [-0.3, -0.25) is 9.59 Å². The van der Waals surface area contributed by atoms with Gasteiger partial charge in [-0.15, -0.1) is 0 Å². The van der Waals surface area contributed by atoms with Crippen molar-refractivity contribution >= 4 is 11.6 Å². The zero-order chi connectivity index (χ0) is 15.5. The van der Waals surface area contributed by atoms with E-state index in [1.165, 1.54) is 16.3 Å². The van der Waals surface area contributed by atoms with E-state index in [0.29, 0.717) is 5.92 Å². The van der Waals surface area contributed by atoms with E-state index in [1.54, 1.807) is 6.07 Å². The number of anilines is 1. The van der Waals surface area contributed by atoms with Gasteiger partial charge in [0.15, 0.2) is 0 Å². The van der Waals surface area contributed by atoms with Crippen LogP contribution in [0.2, 0.25) is 0 Å². The summed E-state index contributed by atoms with van der Waals surface area (Å²) in [6, 6.07) is 10.9. The van der Waals surface area contributed by atoms with Crippen LogP contribution in [-0.4, -0.2) is 15.7 Å². The summed E-state index contributed by atoms with van der Waals surface area (Å²) in [5, 5.41) is 7.08. The maximum atomic E-state index is 12.1. The molecule has 2 aromatic rings. The van der Waals surface area contributed by atoms with Gasteiger partial charge in [0.2, 0.25) is 5.91 Å². The zero-order valence-electron chi connectivity index (χ0n) is 12.6. The van der Waals surface area contributed by atoms with Crippen LogP contribution in [0.5, 0.6) is 0 Å². The fraction of sp³-hybridized carbons (Fsp3) is 0.353. The lowest BCUT2D eigenvalue weighted by molar-refractivity contribution is -0.117. The second-order valence-corrected chi connectivity index (χ2v) is 5.63. The van der Waals surface area contributed by atoms with Gasteiger partial charge in [-0.2, -0.15) is 5.10 Å². The average molecular weight is 297 g/mol. The van der Waals surface area contributed by atoms with Crippen molar-refractivity contribution in [3.63, 3.8) is 0 Å². The molecule has 1 aromatic heterocycles. The Bertz CT molecular complexity index is 730. The summed E-state index contributed by atoms with van der Waals surface area (Å²) in [5.74, 6) is 0.211. The number of nitrogens with one attached hydrogen (secondary N) is 1. The molecule has 1 aliphatic rings. The standard InChI is InChI=1S/C17H19N3O2/c1-2-12-3-7-14(8-4-12)18-16(21)11-20-17(22)10-9-15(19-20)13-5-6-13/h3-4,7-10,13H,2,5-6,11H2,1H3,(H,18,21). The lowest BCUT2D eigenvalue weighted by Gasteiger charge is -2.08. The molecule has 1 aromatic carbocycles. The molecule has 114 valence electrons. The Morgan fingerprint density at radius 1 is 1.23 bits per heavy atom. The molecule has 0 bridgehead atoms. The topological polar surface area (TPSA) is 64.0 Å². The average Bonchev–Trinajstić information content (AvgIpc) is 3.35. The van der Waals surface area contributed by atoms with Crippen molar-refractivity contribution in [1.29, 1.82) is 0 Å². The largest absolute Gasteiger partial charge is 0.324 e. The molecule has 1 fully saturated rings. The highest BCUT2D eigenvalue weighted by atomic mass is 16.2. The summed E-state index contributed by atoms with van der Waals surface area (Å²) >= 11 is 0. The first-order valence-electron chi connectivity index (χ1n) is 7.62. The van der Waals surface area contributed by atoms with Gasteiger partial charge in [-0.25, -0.2) is 4.68 Å². The highest BCUT2D eigenvalue weighted by Crippen LogP contribution is 2.38. The quantitative estimate of drug-likeness (QED) is 0.921. The molecule has 0 spiro atoms. The molecule has 5 nitrogen and oxygen atoms in total. The van der Waals surface area contributed by atoms with Crippen molar-refractivity contribution in [1.82, 2.24) is 9.78 Å². The third-order valence-electron chi connectivity index (χ3n) is 3.82. The number of benzene rings is 1. The Labute approximate surface area is 129 Å². The Morgan fingerprint density at radius 3 is 2.59 bits per heavy atom. The van der Waals surface area contributed by atoms with Crippen LogP contribution in [0.15, 0.2) is 41.2 Å². The van der Waals surface area contributed by atoms with Gasteiger partial charge >= 0.3 is 0 Å². The third-order valence-corrected chi connectivity index (χ3v) is 3.82. The zero-order valence-corrected chi connectivity index (χ0v) is 12.6. The summed E-state index contributed by atoms with van der Waals surface area (Å²) in [5.41, 5.74) is 2.60. The lowest BCUT2D eigenvalue weighted by Crippen LogP contribution is -2.29. The number of nitrogens with zero attached hydrogens (tertiary/aromatic N) is 2. The number of hydrogen-bond donors (Lipinski definition) is 1. The van der Waals surface area contributed by atoms with Crippen molar-refractivity contribution in [2.24, 2.45) is 0 Å². The molecule has 5 heteroatoms. The van der Waals surface area contributed by atoms with Gasteiger partial charge in [-0.1, -0.05) is 19.1 Å². The molecule has 3 rings (SSSR count). The summed E-state index contributed by atoms with van der Waals surface area (Å²) in [6.45, 7) is 2.02. The molecule has 1 saturated carbocycles. The number of amides is 1. The molecular weight excluding hydrogens is 278 g/mol. The van der Waals surface area contributed by atoms with Gasteiger partial charge < -0.3 is 5.32 Å². The minimum atomic E-state index is -0.249. The number of hydrogen-bond acceptors (Lipinski definition) is 3.